The number of hydrogen-bond donors (Lipinski definition) is 0. The highest BCUT2D eigenvalue weighted by Gasteiger charge is 2.34. The second kappa shape index (κ2) is 6.43. The first-order valence-electron chi connectivity index (χ1n) is 8.43. The highest BCUT2D eigenvalue weighted by molar-refractivity contribution is 7.09. The third kappa shape index (κ3) is 3.17. The molecule has 2 aromatic heterocycles. The molecular weight excluding hydrogens is 310 g/mol. The lowest BCUT2D eigenvalue weighted by atomic mass is 10.1. The Morgan fingerprint density at radius 1 is 1.35 bits per heavy atom. The third-order valence-corrected chi connectivity index (χ3v) is 5.83. The van der Waals surface area contributed by atoms with E-state index in [1.54, 1.807) is 11.3 Å². The van der Waals surface area contributed by atoms with Crippen LogP contribution >= 0.6 is 11.3 Å². The predicted molar refractivity (Wildman–Crippen MR) is 87.3 cm³/mol. The molecule has 2 aliphatic rings. The van der Waals surface area contributed by atoms with Crippen LogP contribution in [-0.4, -0.2) is 34.0 Å². The van der Waals surface area contributed by atoms with Crippen LogP contribution in [0, 0.1) is 5.92 Å². The van der Waals surface area contributed by atoms with Crippen LogP contribution in [0.15, 0.2) is 22.0 Å². The molecule has 6 heteroatoms. The minimum atomic E-state index is 0.199. The average molecular weight is 331 g/mol. The molecule has 0 N–H and O–H groups in total. The van der Waals surface area contributed by atoms with E-state index >= 15 is 0 Å². The maximum Gasteiger partial charge on any atom is 0.231 e. The largest absolute Gasteiger partial charge is 0.342 e. The van der Waals surface area contributed by atoms with E-state index in [0.29, 0.717) is 11.8 Å². The molecular formula is C17H21N3O2S. The van der Waals surface area contributed by atoms with Crippen molar-refractivity contribution in [2.24, 2.45) is 5.92 Å². The molecule has 23 heavy (non-hydrogen) atoms. The van der Waals surface area contributed by atoms with Crippen LogP contribution in [0.1, 0.15) is 54.6 Å². The molecule has 122 valence electrons. The predicted octanol–water partition coefficient (Wildman–Crippen LogP) is 3.23. The second-order valence-electron chi connectivity index (χ2n) is 6.56. The number of likely N-dealkylation sites (tertiary alicyclic amines) is 1. The first-order valence-corrected chi connectivity index (χ1v) is 9.31. The molecule has 1 amide bonds. The van der Waals surface area contributed by atoms with E-state index in [1.807, 2.05) is 11.0 Å². The standard InChI is InChI=1S/C17H21N3O2S/c21-17(12-4-1-2-5-12)20-8-7-13(11-20)16-18-15(19-22-16)10-14-6-3-9-23-14/h3,6,9,12-13H,1-2,4-5,7-8,10-11H2/t13-/m0/s1. The maximum atomic E-state index is 12.5. The fourth-order valence-corrected chi connectivity index (χ4v) is 4.37. The molecule has 0 radical (unpaired) electrons. The van der Waals surface area contributed by atoms with Crippen LogP contribution in [0.25, 0.3) is 0 Å². The number of carbonyl (C=O) groups excluding carboxylic acids is 1. The topological polar surface area (TPSA) is 59.2 Å². The van der Waals surface area contributed by atoms with Gasteiger partial charge in [0, 0.05) is 30.3 Å². The van der Waals surface area contributed by atoms with Crippen LogP contribution in [0.5, 0.6) is 0 Å². The Balaban J connectivity index is 1.37. The van der Waals surface area contributed by atoms with Crippen molar-refractivity contribution in [1.82, 2.24) is 15.0 Å². The molecule has 0 bridgehead atoms. The molecule has 1 saturated carbocycles. The van der Waals surface area contributed by atoms with Crippen molar-refractivity contribution in [1.29, 1.82) is 0 Å². The van der Waals surface area contributed by atoms with Crippen molar-refractivity contribution < 1.29 is 9.32 Å². The Labute approximate surface area is 139 Å². The van der Waals surface area contributed by atoms with Gasteiger partial charge in [-0.05, 0) is 30.7 Å². The summed E-state index contributed by atoms with van der Waals surface area (Å²) in [6.45, 7) is 1.55. The zero-order valence-electron chi connectivity index (χ0n) is 13.1. The highest BCUT2D eigenvalue weighted by atomic mass is 32.1. The van der Waals surface area contributed by atoms with E-state index in [4.69, 9.17) is 4.52 Å². The SMILES string of the molecule is O=C(C1CCCC1)N1CC[C@H](c2nc(Cc3cccs3)no2)C1. The summed E-state index contributed by atoms with van der Waals surface area (Å²) in [6, 6.07) is 4.11. The Morgan fingerprint density at radius 3 is 3.00 bits per heavy atom. The van der Waals surface area contributed by atoms with Crippen molar-refractivity contribution >= 4 is 17.2 Å². The summed E-state index contributed by atoms with van der Waals surface area (Å²) in [4.78, 5) is 20.3. The molecule has 2 aromatic rings. The molecule has 1 atom stereocenters. The van der Waals surface area contributed by atoms with Gasteiger partial charge in [0.15, 0.2) is 5.82 Å². The molecule has 1 aliphatic carbocycles. The number of thiophene rings is 1. The highest BCUT2D eigenvalue weighted by Crippen LogP contribution is 2.31. The Morgan fingerprint density at radius 2 is 2.22 bits per heavy atom. The van der Waals surface area contributed by atoms with Gasteiger partial charge in [-0.1, -0.05) is 24.1 Å². The number of aromatic nitrogens is 2. The van der Waals surface area contributed by atoms with Crippen molar-refractivity contribution in [3.63, 3.8) is 0 Å². The van der Waals surface area contributed by atoms with E-state index in [9.17, 15) is 4.79 Å². The monoisotopic (exact) mass is 331 g/mol. The van der Waals surface area contributed by atoms with Gasteiger partial charge in [-0.2, -0.15) is 4.98 Å². The summed E-state index contributed by atoms with van der Waals surface area (Å²) in [5.41, 5.74) is 0. The fourth-order valence-electron chi connectivity index (χ4n) is 3.67. The van der Waals surface area contributed by atoms with Gasteiger partial charge < -0.3 is 9.42 Å². The molecule has 1 saturated heterocycles. The number of hydrogen-bond acceptors (Lipinski definition) is 5. The zero-order valence-corrected chi connectivity index (χ0v) is 13.9. The molecule has 5 nitrogen and oxygen atoms in total. The minimum absolute atomic E-state index is 0.199. The van der Waals surface area contributed by atoms with Gasteiger partial charge >= 0.3 is 0 Å². The smallest absolute Gasteiger partial charge is 0.231 e. The molecule has 1 aliphatic heterocycles. The van der Waals surface area contributed by atoms with Crippen molar-refractivity contribution in [2.45, 2.75) is 44.4 Å². The summed E-state index contributed by atoms with van der Waals surface area (Å²) in [5, 5.41) is 6.16. The van der Waals surface area contributed by atoms with Crippen molar-refractivity contribution in [2.75, 3.05) is 13.1 Å². The minimum Gasteiger partial charge on any atom is -0.342 e. The number of carbonyl (C=O) groups is 1. The molecule has 0 spiro atoms. The Hall–Kier alpha value is -1.69. The first-order chi connectivity index (χ1) is 11.3. The van der Waals surface area contributed by atoms with E-state index < -0.39 is 0 Å². The van der Waals surface area contributed by atoms with Crippen LogP contribution in [-0.2, 0) is 11.2 Å². The van der Waals surface area contributed by atoms with Crippen LogP contribution in [0.3, 0.4) is 0 Å². The molecule has 0 unspecified atom stereocenters. The van der Waals surface area contributed by atoms with Gasteiger partial charge in [0.1, 0.15) is 0 Å². The quantitative estimate of drug-likeness (QED) is 0.863. The summed E-state index contributed by atoms with van der Waals surface area (Å²) >= 11 is 1.70. The van der Waals surface area contributed by atoms with E-state index in [1.165, 1.54) is 17.7 Å². The lowest BCUT2D eigenvalue weighted by Crippen LogP contribution is -2.33. The van der Waals surface area contributed by atoms with Gasteiger partial charge in [0.05, 0.1) is 5.92 Å². The van der Waals surface area contributed by atoms with Gasteiger partial charge in [0.2, 0.25) is 11.8 Å². The van der Waals surface area contributed by atoms with Crippen LogP contribution in [0.4, 0.5) is 0 Å². The summed E-state index contributed by atoms with van der Waals surface area (Å²) < 4.78 is 5.46. The summed E-state index contributed by atoms with van der Waals surface area (Å²) in [6.07, 6.45) is 6.17. The Bertz CT molecular complexity index is 661. The van der Waals surface area contributed by atoms with Gasteiger partial charge in [-0.3, -0.25) is 4.79 Å². The van der Waals surface area contributed by atoms with Gasteiger partial charge in [0.25, 0.3) is 0 Å². The lowest BCUT2D eigenvalue weighted by molar-refractivity contribution is -0.134. The lowest BCUT2D eigenvalue weighted by Gasteiger charge is -2.19. The zero-order chi connectivity index (χ0) is 15.6. The van der Waals surface area contributed by atoms with Crippen LogP contribution in [0.2, 0.25) is 0 Å². The molecule has 2 fully saturated rings. The average Bonchev–Trinajstić information content (AvgIpc) is 3.33. The molecule has 0 aromatic carbocycles. The van der Waals surface area contributed by atoms with Crippen LogP contribution < -0.4 is 0 Å². The first kappa shape index (κ1) is 14.9. The number of amides is 1. The fraction of sp³-hybridized carbons (Fsp3) is 0.588. The normalized spacial score (nSPS) is 22.1. The summed E-state index contributed by atoms with van der Waals surface area (Å²) in [5.74, 6) is 2.22. The Kier molecular flexibility index (Phi) is 4.16. The van der Waals surface area contributed by atoms with E-state index in [-0.39, 0.29) is 11.8 Å². The molecule has 4 rings (SSSR count). The number of nitrogens with zero attached hydrogens (tertiary/aromatic N) is 3. The van der Waals surface area contributed by atoms with Crippen molar-refractivity contribution in [3.8, 4) is 0 Å². The maximum absolute atomic E-state index is 12.5. The number of rotatable bonds is 4. The van der Waals surface area contributed by atoms with Gasteiger partial charge in [-0.25, -0.2) is 0 Å². The van der Waals surface area contributed by atoms with Gasteiger partial charge in [-0.15, -0.1) is 11.3 Å². The molecule has 3 heterocycles. The van der Waals surface area contributed by atoms with Crippen molar-refractivity contribution in [3.05, 3.63) is 34.1 Å². The second-order valence-corrected chi connectivity index (χ2v) is 7.59. The van der Waals surface area contributed by atoms with E-state index in [0.717, 1.165) is 44.6 Å². The van der Waals surface area contributed by atoms with E-state index in [2.05, 4.69) is 21.6 Å². The summed E-state index contributed by atoms with van der Waals surface area (Å²) in [7, 11) is 0. The third-order valence-electron chi connectivity index (χ3n) is 4.95.